The lowest BCUT2D eigenvalue weighted by atomic mass is 9.98. The summed E-state index contributed by atoms with van der Waals surface area (Å²) in [6.45, 7) is 6.78. The largest absolute Gasteiger partial charge is 0.353 e. The summed E-state index contributed by atoms with van der Waals surface area (Å²) in [4.78, 5) is 26.3. The van der Waals surface area contributed by atoms with E-state index in [2.05, 4.69) is 5.32 Å². The number of hydrogen-bond donors (Lipinski definition) is 1. The molecule has 7 nitrogen and oxygen atoms in total. The first-order chi connectivity index (χ1) is 13.7. The second kappa shape index (κ2) is 8.83. The summed E-state index contributed by atoms with van der Waals surface area (Å²) in [5.41, 5.74) is 1.68. The Balaban J connectivity index is 1.80. The highest BCUT2D eigenvalue weighted by atomic mass is 32.2. The van der Waals surface area contributed by atoms with Gasteiger partial charge in [0, 0.05) is 38.3 Å². The van der Waals surface area contributed by atoms with Crippen molar-refractivity contribution in [2.75, 3.05) is 24.5 Å². The minimum atomic E-state index is -3.68. The van der Waals surface area contributed by atoms with Crippen LogP contribution < -0.4 is 10.2 Å². The van der Waals surface area contributed by atoms with E-state index in [1.54, 1.807) is 23.1 Å². The van der Waals surface area contributed by atoms with Gasteiger partial charge in [-0.05, 0) is 62.8 Å². The number of rotatable bonds is 5. The molecule has 2 aliphatic rings. The molecule has 0 radical (unpaired) electrons. The van der Waals surface area contributed by atoms with Crippen LogP contribution in [0.15, 0.2) is 23.1 Å². The Kier molecular flexibility index (Phi) is 6.63. The molecule has 29 heavy (non-hydrogen) atoms. The number of amides is 2. The van der Waals surface area contributed by atoms with E-state index in [1.165, 1.54) is 11.2 Å². The van der Waals surface area contributed by atoms with Crippen molar-refractivity contribution in [3.8, 4) is 0 Å². The zero-order valence-corrected chi connectivity index (χ0v) is 18.3. The lowest BCUT2D eigenvalue weighted by molar-refractivity contribution is -0.126. The van der Waals surface area contributed by atoms with Crippen molar-refractivity contribution >= 4 is 27.5 Å². The van der Waals surface area contributed by atoms with E-state index in [0.29, 0.717) is 25.9 Å². The van der Waals surface area contributed by atoms with Gasteiger partial charge >= 0.3 is 0 Å². The summed E-state index contributed by atoms with van der Waals surface area (Å²) < 4.78 is 27.9. The Morgan fingerprint density at radius 3 is 2.69 bits per heavy atom. The van der Waals surface area contributed by atoms with Gasteiger partial charge in [-0.25, -0.2) is 8.42 Å². The molecule has 0 unspecified atom stereocenters. The molecule has 3 rings (SSSR count). The highest BCUT2D eigenvalue weighted by Crippen LogP contribution is 2.31. The maximum Gasteiger partial charge on any atom is 0.243 e. The Bertz CT molecular complexity index is 884. The van der Waals surface area contributed by atoms with Crippen molar-refractivity contribution in [3.63, 3.8) is 0 Å². The third-order valence-corrected chi connectivity index (χ3v) is 7.80. The molecule has 0 aliphatic carbocycles. The second-order valence-corrected chi connectivity index (χ2v) is 10.0. The standard InChI is InChI=1S/C21H31N3O4S/c1-4-15(2)22-21(26)18-8-5-11-23(14-18)29(27,28)19-9-10-20-17(13-19)7-6-12-24(20)16(3)25/h9-10,13,15,18H,4-8,11-12,14H2,1-3H3,(H,22,26)/t15-,18-/m1/s1. The number of fused-ring (bicyclic) bond motifs is 1. The van der Waals surface area contributed by atoms with Crippen molar-refractivity contribution in [2.24, 2.45) is 5.92 Å². The van der Waals surface area contributed by atoms with Crippen molar-refractivity contribution in [3.05, 3.63) is 23.8 Å². The number of piperidine rings is 1. The molecule has 1 aromatic carbocycles. The van der Waals surface area contributed by atoms with Crippen LogP contribution in [-0.4, -0.2) is 50.2 Å². The lowest BCUT2D eigenvalue weighted by Crippen LogP contribution is -2.47. The third kappa shape index (κ3) is 4.64. The van der Waals surface area contributed by atoms with Crippen LogP contribution in [0.1, 0.15) is 52.0 Å². The van der Waals surface area contributed by atoms with Crippen LogP contribution in [0.3, 0.4) is 0 Å². The zero-order chi connectivity index (χ0) is 21.2. The maximum absolute atomic E-state index is 13.2. The molecule has 1 N–H and O–H groups in total. The topological polar surface area (TPSA) is 86.8 Å². The number of hydrogen-bond acceptors (Lipinski definition) is 4. The Hall–Kier alpha value is -1.93. The van der Waals surface area contributed by atoms with Gasteiger partial charge in [0.15, 0.2) is 0 Å². The number of anilines is 1. The Labute approximate surface area is 173 Å². The molecule has 2 amide bonds. The van der Waals surface area contributed by atoms with Gasteiger partial charge in [0.1, 0.15) is 0 Å². The summed E-state index contributed by atoms with van der Waals surface area (Å²) >= 11 is 0. The predicted octanol–water partition coefficient (Wildman–Crippen LogP) is 2.30. The Morgan fingerprint density at radius 2 is 2.00 bits per heavy atom. The summed E-state index contributed by atoms with van der Waals surface area (Å²) in [5.74, 6) is -0.423. The fourth-order valence-electron chi connectivity index (χ4n) is 4.05. The van der Waals surface area contributed by atoms with E-state index >= 15 is 0 Å². The minimum absolute atomic E-state index is 0.0345. The normalized spacial score (nSPS) is 21.3. The number of carbonyl (C=O) groups is 2. The monoisotopic (exact) mass is 421 g/mol. The molecule has 0 bridgehead atoms. The fourth-order valence-corrected chi connectivity index (χ4v) is 5.62. The number of nitrogens with one attached hydrogen (secondary N) is 1. The van der Waals surface area contributed by atoms with Gasteiger partial charge < -0.3 is 10.2 Å². The van der Waals surface area contributed by atoms with E-state index in [4.69, 9.17) is 0 Å². The predicted molar refractivity (Wildman–Crippen MR) is 112 cm³/mol. The van der Waals surface area contributed by atoms with Crippen molar-refractivity contribution in [1.29, 1.82) is 0 Å². The van der Waals surface area contributed by atoms with Crippen molar-refractivity contribution in [1.82, 2.24) is 9.62 Å². The van der Waals surface area contributed by atoms with Crippen LogP contribution in [0, 0.1) is 5.92 Å². The zero-order valence-electron chi connectivity index (χ0n) is 17.5. The highest BCUT2D eigenvalue weighted by Gasteiger charge is 2.34. The molecule has 2 aliphatic heterocycles. The van der Waals surface area contributed by atoms with E-state index in [0.717, 1.165) is 30.5 Å². The van der Waals surface area contributed by atoms with Gasteiger partial charge in [0.2, 0.25) is 21.8 Å². The van der Waals surface area contributed by atoms with Crippen LogP contribution in [0.4, 0.5) is 5.69 Å². The summed E-state index contributed by atoms with van der Waals surface area (Å²) in [6, 6.07) is 5.10. The molecule has 1 saturated heterocycles. The molecule has 2 atom stereocenters. The molecule has 8 heteroatoms. The van der Waals surface area contributed by atoms with E-state index in [1.807, 2.05) is 13.8 Å². The summed E-state index contributed by atoms with van der Waals surface area (Å²) in [7, 11) is -3.68. The van der Waals surface area contributed by atoms with Crippen LogP contribution in [0.25, 0.3) is 0 Å². The first kappa shape index (κ1) is 21.8. The summed E-state index contributed by atoms with van der Waals surface area (Å²) in [6.07, 6.45) is 3.78. The average molecular weight is 422 g/mol. The fraction of sp³-hybridized carbons (Fsp3) is 0.619. The molecule has 160 valence electrons. The van der Waals surface area contributed by atoms with Crippen LogP contribution in [0.2, 0.25) is 0 Å². The highest BCUT2D eigenvalue weighted by molar-refractivity contribution is 7.89. The molecule has 1 aromatic rings. The molecular formula is C21H31N3O4S. The lowest BCUT2D eigenvalue weighted by Gasteiger charge is -2.33. The van der Waals surface area contributed by atoms with Crippen LogP contribution in [0.5, 0.6) is 0 Å². The Morgan fingerprint density at radius 1 is 1.24 bits per heavy atom. The number of aryl methyl sites for hydroxylation is 1. The van der Waals surface area contributed by atoms with Crippen LogP contribution in [-0.2, 0) is 26.0 Å². The van der Waals surface area contributed by atoms with E-state index < -0.39 is 10.0 Å². The molecular weight excluding hydrogens is 390 g/mol. The summed E-state index contributed by atoms with van der Waals surface area (Å²) in [5, 5.41) is 2.97. The van der Waals surface area contributed by atoms with Gasteiger partial charge in [-0.1, -0.05) is 6.92 Å². The smallest absolute Gasteiger partial charge is 0.243 e. The molecule has 0 saturated carbocycles. The van der Waals surface area contributed by atoms with Gasteiger partial charge in [0.05, 0.1) is 10.8 Å². The van der Waals surface area contributed by atoms with Gasteiger partial charge in [0.25, 0.3) is 0 Å². The van der Waals surface area contributed by atoms with Gasteiger partial charge in [-0.3, -0.25) is 9.59 Å². The maximum atomic E-state index is 13.2. The SMILES string of the molecule is CC[C@@H](C)NC(=O)[C@@H]1CCCN(S(=O)(=O)c2ccc3c(c2)CCCN3C(C)=O)C1. The number of benzene rings is 1. The average Bonchev–Trinajstić information content (AvgIpc) is 2.72. The molecule has 0 spiro atoms. The first-order valence-electron chi connectivity index (χ1n) is 10.5. The van der Waals surface area contributed by atoms with Crippen LogP contribution >= 0.6 is 0 Å². The van der Waals surface area contributed by atoms with Crippen molar-refractivity contribution < 1.29 is 18.0 Å². The van der Waals surface area contributed by atoms with Crippen molar-refractivity contribution in [2.45, 2.75) is 63.8 Å². The van der Waals surface area contributed by atoms with Gasteiger partial charge in [-0.15, -0.1) is 0 Å². The number of carbonyl (C=O) groups excluding carboxylic acids is 2. The molecule has 1 fully saturated rings. The first-order valence-corrected chi connectivity index (χ1v) is 11.9. The van der Waals surface area contributed by atoms with E-state index in [9.17, 15) is 18.0 Å². The second-order valence-electron chi connectivity index (χ2n) is 8.08. The number of nitrogens with zero attached hydrogens (tertiary/aromatic N) is 2. The van der Waals surface area contributed by atoms with E-state index in [-0.39, 0.29) is 35.2 Å². The third-order valence-electron chi connectivity index (χ3n) is 5.94. The minimum Gasteiger partial charge on any atom is -0.353 e. The quantitative estimate of drug-likeness (QED) is 0.790. The molecule has 0 aromatic heterocycles. The van der Waals surface area contributed by atoms with Gasteiger partial charge in [-0.2, -0.15) is 4.31 Å². The number of sulfonamides is 1. The molecule has 2 heterocycles.